The van der Waals surface area contributed by atoms with Gasteiger partial charge in [-0.25, -0.2) is 0 Å². The SMILES string of the molecule is CC=CC.CC=NC(C)C(C)C. The predicted molar refractivity (Wildman–Crippen MR) is 59.0 cm³/mol. The first-order chi connectivity index (χ1) is 5.59. The summed E-state index contributed by atoms with van der Waals surface area (Å²) in [5, 5.41) is 0. The minimum absolute atomic E-state index is 0.486. The van der Waals surface area contributed by atoms with Crippen LogP contribution >= 0.6 is 0 Å². The van der Waals surface area contributed by atoms with Gasteiger partial charge in [0.25, 0.3) is 0 Å². The second-order valence-corrected chi connectivity index (χ2v) is 3.06. The molecule has 0 N–H and O–H groups in total. The van der Waals surface area contributed by atoms with Gasteiger partial charge in [-0.3, -0.25) is 4.99 Å². The molecule has 0 radical (unpaired) electrons. The first-order valence-electron chi connectivity index (χ1n) is 4.65. The van der Waals surface area contributed by atoms with Gasteiger partial charge < -0.3 is 0 Å². The number of hydrogen-bond donors (Lipinski definition) is 0. The molecule has 0 saturated heterocycles. The van der Waals surface area contributed by atoms with Gasteiger partial charge in [0.2, 0.25) is 0 Å². The predicted octanol–water partition coefficient (Wildman–Crippen LogP) is 3.70. The first kappa shape index (κ1) is 14.0. The van der Waals surface area contributed by atoms with Gasteiger partial charge in [-0.2, -0.15) is 0 Å². The smallest absolute Gasteiger partial charge is 0.0490 e. The van der Waals surface area contributed by atoms with Crippen LogP contribution in [0.15, 0.2) is 17.1 Å². The summed E-state index contributed by atoms with van der Waals surface area (Å²) in [6.45, 7) is 12.4. The molecular formula is C11H23N. The zero-order chi connectivity index (χ0) is 9.98. The van der Waals surface area contributed by atoms with E-state index in [2.05, 4.69) is 25.8 Å². The molecule has 0 fully saturated rings. The largest absolute Gasteiger partial charge is 0.295 e. The van der Waals surface area contributed by atoms with E-state index in [1.807, 2.05) is 39.1 Å². The summed E-state index contributed by atoms with van der Waals surface area (Å²) in [7, 11) is 0. The maximum absolute atomic E-state index is 4.20. The summed E-state index contributed by atoms with van der Waals surface area (Å²) in [5.74, 6) is 0.672. The Morgan fingerprint density at radius 2 is 1.33 bits per heavy atom. The first-order valence-corrected chi connectivity index (χ1v) is 4.65. The van der Waals surface area contributed by atoms with E-state index in [1.54, 1.807) is 0 Å². The lowest BCUT2D eigenvalue weighted by atomic mass is 10.1. The minimum atomic E-state index is 0.486. The van der Waals surface area contributed by atoms with E-state index in [9.17, 15) is 0 Å². The van der Waals surface area contributed by atoms with Crippen LogP contribution in [0.3, 0.4) is 0 Å². The summed E-state index contributed by atoms with van der Waals surface area (Å²) >= 11 is 0. The lowest BCUT2D eigenvalue weighted by Gasteiger charge is -2.07. The van der Waals surface area contributed by atoms with Crippen LogP contribution in [-0.2, 0) is 0 Å². The molecule has 0 aliphatic heterocycles. The Hall–Kier alpha value is -0.590. The monoisotopic (exact) mass is 169 g/mol. The Morgan fingerprint density at radius 1 is 0.917 bits per heavy atom. The third-order valence-electron chi connectivity index (χ3n) is 1.68. The molecule has 1 atom stereocenters. The van der Waals surface area contributed by atoms with Crippen molar-refractivity contribution in [1.82, 2.24) is 0 Å². The van der Waals surface area contributed by atoms with Crippen LogP contribution in [0.2, 0.25) is 0 Å². The topological polar surface area (TPSA) is 12.4 Å². The quantitative estimate of drug-likeness (QED) is 0.441. The lowest BCUT2D eigenvalue weighted by Crippen LogP contribution is -2.06. The zero-order valence-electron chi connectivity index (χ0n) is 9.33. The molecular weight excluding hydrogens is 146 g/mol. The van der Waals surface area contributed by atoms with Crippen LogP contribution in [0.25, 0.3) is 0 Å². The number of nitrogens with zero attached hydrogens (tertiary/aromatic N) is 1. The van der Waals surface area contributed by atoms with Crippen LogP contribution in [-0.4, -0.2) is 12.3 Å². The van der Waals surface area contributed by atoms with Gasteiger partial charge in [0.05, 0.1) is 0 Å². The summed E-state index contributed by atoms with van der Waals surface area (Å²) in [4.78, 5) is 4.20. The molecule has 0 spiro atoms. The highest BCUT2D eigenvalue weighted by atomic mass is 14.8. The number of rotatable bonds is 2. The highest BCUT2D eigenvalue weighted by Gasteiger charge is 2.00. The van der Waals surface area contributed by atoms with E-state index in [4.69, 9.17) is 0 Å². The van der Waals surface area contributed by atoms with Gasteiger partial charge in [0.15, 0.2) is 0 Å². The lowest BCUT2D eigenvalue weighted by molar-refractivity contribution is 0.533. The van der Waals surface area contributed by atoms with Crippen LogP contribution in [0.1, 0.15) is 41.5 Å². The highest BCUT2D eigenvalue weighted by Crippen LogP contribution is 2.02. The van der Waals surface area contributed by atoms with Crippen LogP contribution < -0.4 is 0 Å². The van der Waals surface area contributed by atoms with Crippen molar-refractivity contribution in [3.63, 3.8) is 0 Å². The molecule has 1 unspecified atom stereocenters. The molecule has 0 amide bonds. The fourth-order valence-corrected chi connectivity index (χ4v) is 0.407. The molecule has 0 aliphatic carbocycles. The second-order valence-electron chi connectivity index (χ2n) is 3.06. The van der Waals surface area contributed by atoms with Crippen LogP contribution in [0.4, 0.5) is 0 Å². The van der Waals surface area contributed by atoms with Crippen molar-refractivity contribution in [2.24, 2.45) is 10.9 Å². The molecule has 0 heterocycles. The Morgan fingerprint density at radius 3 is 1.42 bits per heavy atom. The van der Waals surface area contributed by atoms with E-state index >= 15 is 0 Å². The molecule has 72 valence electrons. The van der Waals surface area contributed by atoms with Crippen molar-refractivity contribution in [1.29, 1.82) is 0 Å². The molecule has 1 nitrogen and oxygen atoms in total. The molecule has 1 heteroatoms. The Kier molecular flexibility index (Phi) is 12.1. The third-order valence-corrected chi connectivity index (χ3v) is 1.68. The van der Waals surface area contributed by atoms with Gasteiger partial charge >= 0.3 is 0 Å². The average molecular weight is 169 g/mol. The summed E-state index contributed by atoms with van der Waals surface area (Å²) in [6.07, 6.45) is 5.87. The maximum atomic E-state index is 4.20. The second kappa shape index (κ2) is 10.4. The molecule has 0 bridgehead atoms. The van der Waals surface area contributed by atoms with Crippen molar-refractivity contribution < 1.29 is 0 Å². The summed E-state index contributed by atoms with van der Waals surface area (Å²) in [5.41, 5.74) is 0. The fraction of sp³-hybridized carbons (Fsp3) is 0.727. The Bertz CT molecular complexity index is 119. The molecule has 0 rings (SSSR count). The van der Waals surface area contributed by atoms with Gasteiger partial charge in [-0.1, -0.05) is 26.0 Å². The van der Waals surface area contributed by atoms with Crippen molar-refractivity contribution in [3.05, 3.63) is 12.2 Å². The maximum Gasteiger partial charge on any atom is 0.0490 e. The van der Waals surface area contributed by atoms with Crippen molar-refractivity contribution in [2.75, 3.05) is 0 Å². The van der Waals surface area contributed by atoms with Crippen molar-refractivity contribution >= 4 is 6.21 Å². The molecule has 0 aromatic heterocycles. The highest BCUT2D eigenvalue weighted by molar-refractivity contribution is 5.53. The molecule has 0 aromatic rings. The van der Waals surface area contributed by atoms with E-state index < -0.39 is 0 Å². The standard InChI is InChI=1S/C7H15N.C4H8/c1-5-8-7(4)6(2)3;1-3-4-2/h5-7H,1-4H3;3-4H,1-2H3. The zero-order valence-corrected chi connectivity index (χ0v) is 9.33. The Labute approximate surface area is 77.6 Å². The van der Waals surface area contributed by atoms with Gasteiger partial charge in [0.1, 0.15) is 0 Å². The van der Waals surface area contributed by atoms with Crippen molar-refractivity contribution in [2.45, 2.75) is 47.6 Å². The van der Waals surface area contributed by atoms with Gasteiger partial charge in [0, 0.05) is 6.04 Å². The molecule has 0 saturated carbocycles. The average Bonchev–Trinajstić information content (AvgIpc) is 2.05. The number of allylic oxidation sites excluding steroid dienone is 2. The molecule has 12 heavy (non-hydrogen) atoms. The van der Waals surface area contributed by atoms with Crippen LogP contribution in [0, 0.1) is 5.92 Å². The van der Waals surface area contributed by atoms with E-state index in [0.717, 1.165) is 0 Å². The van der Waals surface area contributed by atoms with Crippen molar-refractivity contribution in [3.8, 4) is 0 Å². The summed E-state index contributed by atoms with van der Waals surface area (Å²) < 4.78 is 0. The Balaban J connectivity index is 0. The number of hydrogen-bond acceptors (Lipinski definition) is 1. The normalized spacial score (nSPS) is 13.6. The molecule has 0 aromatic carbocycles. The fourth-order valence-electron chi connectivity index (χ4n) is 0.407. The molecule has 0 aliphatic rings. The van der Waals surface area contributed by atoms with Crippen LogP contribution in [0.5, 0.6) is 0 Å². The summed E-state index contributed by atoms with van der Waals surface area (Å²) in [6, 6.07) is 0.486. The van der Waals surface area contributed by atoms with E-state index in [1.165, 1.54) is 0 Å². The van der Waals surface area contributed by atoms with Gasteiger partial charge in [-0.05, 0) is 39.8 Å². The minimum Gasteiger partial charge on any atom is -0.295 e. The van der Waals surface area contributed by atoms with Gasteiger partial charge in [-0.15, -0.1) is 0 Å². The number of aliphatic imine (C=N–C) groups is 1. The third kappa shape index (κ3) is 12.1. The van der Waals surface area contributed by atoms with E-state index in [-0.39, 0.29) is 0 Å². The van der Waals surface area contributed by atoms with E-state index in [0.29, 0.717) is 12.0 Å².